The Hall–Kier alpha value is -2.64. The van der Waals surface area contributed by atoms with Crippen LogP contribution in [0.25, 0.3) is 10.1 Å². The molecule has 4 N–H and O–H groups in total. The van der Waals surface area contributed by atoms with Gasteiger partial charge in [-0.15, -0.1) is 11.3 Å². The normalized spacial score (nSPS) is 12.2. The van der Waals surface area contributed by atoms with Gasteiger partial charge in [0.15, 0.2) is 0 Å². The minimum atomic E-state index is -0.790. The second kappa shape index (κ2) is 6.46. The fourth-order valence-electron chi connectivity index (χ4n) is 2.47. The summed E-state index contributed by atoms with van der Waals surface area (Å²) >= 11 is 1.50. The van der Waals surface area contributed by atoms with Crippen molar-refractivity contribution in [3.05, 3.63) is 58.7 Å². The number of hydrogen-bond acceptors (Lipinski definition) is 4. The van der Waals surface area contributed by atoms with Crippen molar-refractivity contribution in [2.45, 2.75) is 6.10 Å². The van der Waals surface area contributed by atoms with Gasteiger partial charge in [0.25, 0.3) is 5.91 Å². The molecular formula is C17H17N3O3S. The topological polar surface area (TPSA) is 97.4 Å². The minimum absolute atomic E-state index is 0.0861. The van der Waals surface area contributed by atoms with Crippen LogP contribution in [-0.2, 0) is 7.05 Å². The highest BCUT2D eigenvalue weighted by molar-refractivity contribution is 7.19. The molecule has 3 aromatic rings. The van der Waals surface area contributed by atoms with Gasteiger partial charge in [0.1, 0.15) is 11.8 Å². The van der Waals surface area contributed by atoms with Crippen molar-refractivity contribution in [3.8, 4) is 0 Å². The maximum absolute atomic E-state index is 12.2. The molecule has 0 bridgehead atoms. The Morgan fingerprint density at radius 1 is 1.33 bits per heavy atom. The van der Waals surface area contributed by atoms with Gasteiger partial charge in [-0.1, -0.05) is 18.2 Å². The molecule has 0 aliphatic rings. The molecule has 6 nitrogen and oxygen atoms in total. The number of thiophene rings is 1. The number of rotatable bonds is 5. The first kappa shape index (κ1) is 16.2. The molecule has 0 radical (unpaired) electrons. The number of aliphatic hydroxyl groups is 1. The van der Waals surface area contributed by atoms with E-state index in [1.165, 1.54) is 28.2 Å². The predicted octanol–water partition coefficient (Wildman–Crippen LogP) is 1.80. The van der Waals surface area contributed by atoms with E-state index in [9.17, 15) is 14.7 Å². The monoisotopic (exact) mass is 343 g/mol. The maximum Gasteiger partial charge on any atom is 0.268 e. The Labute approximate surface area is 142 Å². The van der Waals surface area contributed by atoms with Gasteiger partial charge in [0, 0.05) is 29.4 Å². The smallest absolute Gasteiger partial charge is 0.268 e. The van der Waals surface area contributed by atoms with Gasteiger partial charge in [0.05, 0.1) is 5.56 Å². The predicted molar refractivity (Wildman–Crippen MR) is 93.0 cm³/mol. The van der Waals surface area contributed by atoms with Crippen molar-refractivity contribution in [3.63, 3.8) is 0 Å². The number of benzene rings is 1. The quantitative estimate of drug-likeness (QED) is 0.659. The Balaban J connectivity index is 1.68. The zero-order valence-electron chi connectivity index (χ0n) is 13.0. The number of carbonyl (C=O) groups excluding carboxylic acids is 2. The molecule has 7 heteroatoms. The fourth-order valence-corrected chi connectivity index (χ4v) is 3.52. The second-order valence-electron chi connectivity index (χ2n) is 5.50. The highest BCUT2D eigenvalue weighted by Crippen LogP contribution is 2.29. The first-order valence-corrected chi connectivity index (χ1v) is 8.18. The number of fused-ring (bicyclic) bond motifs is 1. The molecule has 2 amide bonds. The summed E-state index contributed by atoms with van der Waals surface area (Å²) in [6, 6.07) is 11.2. The Kier molecular flexibility index (Phi) is 4.37. The number of aryl methyl sites for hydroxylation is 1. The van der Waals surface area contributed by atoms with E-state index < -0.39 is 12.0 Å². The van der Waals surface area contributed by atoms with Crippen molar-refractivity contribution >= 4 is 33.2 Å². The van der Waals surface area contributed by atoms with Crippen LogP contribution in [-0.4, -0.2) is 28.0 Å². The van der Waals surface area contributed by atoms with Gasteiger partial charge in [-0.2, -0.15) is 0 Å². The summed E-state index contributed by atoms with van der Waals surface area (Å²) in [7, 11) is 1.66. The second-order valence-corrected chi connectivity index (χ2v) is 6.62. The third-order valence-corrected chi connectivity index (χ3v) is 4.97. The molecule has 0 aliphatic carbocycles. The largest absolute Gasteiger partial charge is 0.386 e. The summed E-state index contributed by atoms with van der Waals surface area (Å²) in [6.45, 7) is 0.0861. The zero-order valence-corrected chi connectivity index (χ0v) is 13.8. The van der Waals surface area contributed by atoms with Crippen LogP contribution in [0.15, 0.2) is 42.6 Å². The van der Waals surface area contributed by atoms with Crippen LogP contribution < -0.4 is 11.1 Å². The number of nitrogens with zero attached hydrogens (tertiary/aromatic N) is 1. The number of nitrogens with two attached hydrogens (primary N) is 1. The van der Waals surface area contributed by atoms with Crippen LogP contribution in [0.3, 0.4) is 0 Å². The van der Waals surface area contributed by atoms with Gasteiger partial charge in [0.2, 0.25) is 5.91 Å². The lowest BCUT2D eigenvalue weighted by Crippen LogP contribution is -2.29. The van der Waals surface area contributed by atoms with Crippen LogP contribution in [0, 0.1) is 0 Å². The van der Waals surface area contributed by atoms with E-state index in [1.807, 2.05) is 30.3 Å². The average Bonchev–Trinajstić information content (AvgIpc) is 3.15. The van der Waals surface area contributed by atoms with Gasteiger partial charge in [-0.3, -0.25) is 9.59 Å². The first-order chi connectivity index (χ1) is 11.5. The molecule has 0 spiro atoms. The molecule has 3 rings (SSSR count). The van der Waals surface area contributed by atoms with Crippen molar-refractivity contribution < 1.29 is 14.7 Å². The number of amides is 2. The first-order valence-electron chi connectivity index (χ1n) is 7.36. The molecular weight excluding hydrogens is 326 g/mol. The van der Waals surface area contributed by atoms with Gasteiger partial charge in [-0.05, 0) is 23.6 Å². The van der Waals surface area contributed by atoms with Gasteiger partial charge in [-0.25, -0.2) is 0 Å². The van der Waals surface area contributed by atoms with E-state index in [1.54, 1.807) is 7.05 Å². The lowest BCUT2D eigenvalue weighted by molar-refractivity contribution is 0.0910. The van der Waals surface area contributed by atoms with E-state index in [2.05, 4.69) is 5.32 Å². The maximum atomic E-state index is 12.2. The summed E-state index contributed by atoms with van der Waals surface area (Å²) in [5, 5.41) is 14.0. The molecule has 0 saturated heterocycles. The summed E-state index contributed by atoms with van der Waals surface area (Å²) in [4.78, 5) is 24.2. The van der Waals surface area contributed by atoms with Crippen molar-refractivity contribution in [1.82, 2.24) is 9.88 Å². The minimum Gasteiger partial charge on any atom is -0.386 e. The molecule has 2 aromatic heterocycles. The number of carbonyl (C=O) groups is 2. The van der Waals surface area contributed by atoms with Gasteiger partial charge < -0.3 is 20.7 Å². The number of primary amides is 1. The molecule has 24 heavy (non-hydrogen) atoms. The fraction of sp³-hybridized carbons (Fsp3) is 0.176. The summed E-state index contributed by atoms with van der Waals surface area (Å²) in [5.41, 5.74) is 5.79. The third-order valence-electron chi connectivity index (χ3n) is 3.75. The van der Waals surface area contributed by atoms with Crippen LogP contribution in [0.2, 0.25) is 0 Å². The Morgan fingerprint density at radius 3 is 2.75 bits per heavy atom. The average molecular weight is 343 g/mol. The lowest BCUT2D eigenvalue weighted by Gasteiger charge is -2.10. The highest BCUT2D eigenvalue weighted by atomic mass is 32.1. The van der Waals surface area contributed by atoms with Crippen molar-refractivity contribution in [2.24, 2.45) is 12.8 Å². The lowest BCUT2D eigenvalue weighted by atomic mass is 10.2. The number of hydrogen-bond donors (Lipinski definition) is 3. The summed E-state index contributed by atoms with van der Waals surface area (Å²) in [5.74, 6) is -0.958. The van der Waals surface area contributed by atoms with Crippen molar-refractivity contribution in [1.29, 1.82) is 0 Å². The van der Waals surface area contributed by atoms with Crippen molar-refractivity contribution in [2.75, 3.05) is 6.54 Å². The van der Waals surface area contributed by atoms with E-state index >= 15 is 0 Å². The molecule has 1 aromatic carbocycles. The highest BCUT2D eigenvalue weighted by Gasteiger charge is 2.17. The number of nitrogens with one attached hydrogen (secondary N) is 1. The molecule has 124 valence electrons. The number of aliphatic hydroxyl groups excluding tert-OH is 1. The molecule has 0 fully saturated rings. The SMILES string of the molecule is Cn1cc(C(N)=O)cc1C(=O)NCC(O)c1cc2ccccc2s1. The zero-order chi connectivity index (χ0) is 17.3. The summed E-state index contributed by atoms with van der Waals surface area (Å²) < 4.78 is 2.62. The van der Waals surface area contributed by atoms with Crippen LogP contribution in [0.1, 0.15) is 31.8 Å². The van der Waals surface area contributed by atoms with E-state index in [0.29, 0.717) is 5.69 Å². The molecule has 1 atom stereocenters. The molecule has 1 unspecified atom stereocenters. The van der Waals surface area contributed by atoms with Crippen LogP contribution in [0.5, 0.6) is 0 Å². The van der Waals surface area contributed by atoms with E-state index in [-0.39, 0.29) is 18.0 Å². The van der Waals surface area contributed by atoms with Gasteiger partial charge >= 0.3 is 0 Å². The molecule has 0 saturated carbocycles. The molecule has 2 heterocycles. The van der Waals surface area contributed by atoms with Crippen LogP contribution in [0.4, 0.5) is 0 Å². The molecule has 0 aliphatic heterocycles. The number of aromatic nitrogens is 1. The van der Waals surface area contributed by atoms with E-state index in [0.717, 1.165) is 15.0 Å². The summed E-state index contributed by atoms with van der Waals surface area (Å²) in [6.07, 6.45) is 0.710. The standard InChI is InChI=1S/C17H17N3O3S/c1-20-9-11(16(18)22)6-12(20)17(23)19-8-13(21)15-7-10-4-2-3-5-14(10)24-15/h2-7,9,13,21H,8H2,1H3,(H2,18,22)(H,19,23). The third kappa shape index (κ3) is 3.17. The Bertz CT molecular complexity index is 880. The Morgan fingerprint density at radius 2 is 2.08 bits per heavy atom. The van der Waals surface area contributed by atoms with E-state index in [4.69, 9.17) is 5.73 Å². The van der Waals surface area contributed by atoms with Crippen LogP contribution >= 0.6 is 11.3 Å².